The zero-order valence-electron chi connectivity index (χ0n) is 17.4. The van der Waals surface area contributed by atoms with Crippen LogP contribution in [0.1, 0.15) is 11.1 Å². The summed E-state index contributed by atoms with van der Waals surface area (Å²) in [5.74, 6) is -1.05. The minimum Gasteiger partial charge on any atom is -0.481 e. The van der Waals surface area contributed by atoms with Gasteiger partial charge < -0.3 is 24.1 Å². The number of aromatic nitrogens is 2. The van der Waals surface area contributed by atoms with Crippen molar-refractivity contribution in [2.45, 2.75) is 11.7 Å². The first-order valence-electron chi connectivity index (χ1n) is 9.27. The minimum absolute atomic E-state index is 0.136. The van der Waals surface area contributed by atoms with E-state index in [4.69, 9.17) is 42.1 Å². The maximum Gasteiger partial charge on any atom is 0.348 e. The fourth-order valence-corrected chi connectivity index (χ4v) is 3.52. The number of hydrogen-bond acceptors (Lipinski definition) is 7. The lowest BCUT2D eigenvalue weighted by molar-refractivity contribution is -0.160. The summed E-state index contributed by atoms with van der Waals surface area (Å²) < 4.78 is 22.0. The molecule has 0 saturated carbocycles. The van der Waals surface area contributed by atoms with Crippen LogP contribution >= 0.6 is 23.2 Å². The van der Waals surface area contributed by atoms with Crippen molar-refractivity contribution >= 4 is 29.2 Å². The highest BCUT2D eigenvalue weighted by Gasteiger charge is 2.49. The number of ether oxygens (including phenoxy) is 4. The van der Waals surface area contributed by atoms with Gasteiger partial charge in [-0.25, -0.2) is 4.79 Å². The Bertz CT molecular complexity index is 1010. The quantitative estimate of drug-likeness (QED) is 0.487. The van der Waals surface area contributed by atoms with Crippen molar-refractivity contribution in [2.24, 2.45) is 0 Å². The number of carbonyl (C=O) groups is 1. The molecule has 1 unspecified atom stereocenters. The zero-order valence-corrected chi connectivity index (χ0v) is 18.9. The predicted molar refractivity (Wildman–Crippen MR) is 118 cm³/mol. The van der Waals surface area contributed by atoms with Gasteiger partial charge in [-0.05, 0) is 35.4 Å². The van der Waals surface area contributed by atoms with E-state index in [1.807, 2.05) is 0 Å². The lowest BCUT2D eigenvalue weighted by Gasteiger charge is -2.37. The normalized spacial score (nSPS) is 12.2. The van der Waals surface area contributed by atoms with Crippen molar-refractivity contribution in [3.05, 3.63) is 75.8 Å². The van der Waals surface area contributed by atoms with E-state index in [0.717, 1.165) is 0 Å². The van der Waals surface area contributed by atoms with Gasteiger partial charge in [-0.15, -0.1) is 0 Å². The van der Waals surface area contributed by atoms with E-state index in [-0.39, 0.29) is 17.8 Å². The summed E-state index contributed by atoms with van der Waals surface area (Å²) in [6.45, 7) is 0. The monoisotopic (exact) mass is 478 g/mol. The van der Waals surface area contributed by atoms with Crippen molar-refractivity contribution in [3.8, 4) is 17.8 Å². The Morgan fingerprint density at radius 2 is 1.31 bits per heavy atom. The van der Waals surface area contributed by atoms with Gasteiger partial charge >= 0.3 is 12.0 Å². The molecule has 10 heteroatoms. The van der Waals surface area contributed by atoms with Crippen molar-refractivity contribution in [2.75, 3.05) is 21.3 Å². The Hall–Kier alpha value is -3.07. The molecule has 0 saturated heterocycles. The van der Waals surface area contributed by atoms with Crippen LogP contribution in [0.5, 0.6) is 17.8 Å². The first-order chi connectivity index (χ1) is 15.3. The molecule has 0 aliphatic rings. The molecule has 0 fully saturated rings. The third-order valence-corrected chi connectivity index (χ3v) is 5.27. The number of hydrogen-bond donors (Lipinski definition) is 1. The van der Waals surface area contributed by atoms with Crippen LogP contribution in [0.2, 0.25) is 10.0 Å². The fourth-order valence-electron chi connectivity index (χ4n) is 3.27. The summed E-state index contributed by atoms with van der Waals surface area (Å²) >= 11 is 12.1. The summed E-state index contributed by atoms with van der Waals surface area (Å²) in [5.41, 5.74) is -0.649. The average Bonchev–Trinajstić information content (AvgIpc) is 2.80. The summed E-state index contributed by atoms with van der Waals surface area (Å²) in [6.07, 6.45) is -1.62. The first-order valence-corrected chi connectivity index (χ1v) is 10.0. The molecule has 3 rings (SSSR count). The number of rotatable bonds is 9. The van der Waals surface area contributed by atoms with Gasteiger partial charge in [-0.2, -0.15) is 9.97 Å². The van der Waals surface area contributed by atoms with Gasteiger partial charge in [0.25, 0.3) is 0 Å². The highest BCUT2D eigenvalue weighted by molar-refractivity contribution is 6.30. The minimum atomic E-state index is -1.62. The highest BCUT2D eigenvalue weighted by atomic mass is 35.5. The number of carboxylic acid groups (broad SMARTS) is 1. The van der Waals surface area contributed by atoms with Gasteiger partial charge in [0.15, 0.2) is 5.60 Å². The average molecular weight is 479 g/mol. The van der Waals surface area contributed by atoms with Gasteiger partial charge in [0.05, 0.1) is 20.3 Å². The summed E-state index contributed by atoms with van der Waals surface area (Å²) in [6, 6.07) is 14.3. The van der Waals surface area contributed by atoms with Gasteiger partial charge in [-0.1, -0.05) is 47.5 Å². The molecule has 1 heterocycles. The van der Waals surface area contributed by atoms with E-state index in [1.165, 1.54) is 27.4 Å². The topological polar surface area (TPSA) is 100 Å². The van der Waals surface area contributed by atoms with Gasteiger partial charge in [0.1, 0.15) is 0 Å². The van der Waals surface area contributed by atoms with Crippen LogP contribution in [0.25, 0.3) is 0 Å². The van der Waals surface area contributed by atoms with E-state index >= 15 is 0 Å². The third kappa shape index (κ3) is 4.72. The van der Waals surface area contributed by atoms with Crippen LogP contribution in [0, 0.1) is 0 Å². The molecule has 0 amide bonds. The van der Waals surface area contributed by atoms with Crippen LogP contribution in [0.3, 0.4) is 0 Å². The molecule has 0 bridgehead atoms. The molecule has 168 valence electrons. The second kappa shape index (κ2) is 10.0. The third-order valence-electron chi connectivity index (χ3n) is 4.76. The van der Waals surface area contributed by atoms with Crippen LogP contribution < -0.4 is 14.2 Å². The Morgan fingerprint density at radius 3 is 1.66 bits per heavy atom. The smallest absolute Gasteiger partial charge is 0.348 e. The Kier molecular flexibility index (Phi) is 7.40. The molecule has 1 aromatic heterocycles. The van der Waals surface area contributed by atoms with E-state index in [0.29, 0.717) is 21.2 Å². The van der Waals surface area contributed by atoms with Crippen LogP contribution in [0.4, 0.5) is 0 Å². The molecule has 0 spiro atoms. The molecular formula is C22H20Cl2N2O6. The lowest BCUT2D eigenvalue weighted by Crippen LogP contribution is -2.50. The van der Waals surface area contributed by atoms with E-state index in [9.17, 15) is 9.90 Å². The maximum atomic E-state index is 12.5. The molecule has 8 nitrogen and oxygen atoms in total. The van der Waals surface area contributed by atoms with E-state index in [2.05, 4.69) is 9.97 Å². The number of nitrogens with zero attached hydrogens (tertiary/aromatic N) is 2. The molecular weight excluding hydrogens is 459 g/mol. The second-order valence-corrected chi connectivity index (χ2v) is 7.40. The predicted octanol–water partition coefficient (Wildman–Crippen LogP) is 4.22. The number of benzene rings is 2. The molecule has 2 aromatic carbocycles. The van der Waals surface area contributed by atoms with Gasteiger partial charge in [0, 0.05) is 17.2 Å². The Labute approximate surface area is 194 Å². The van der Waals surface area contributed by atoms with Crippen LogP contribution in [0.15, 0.2) is 54.6 Å². The number of methoxy groups -OCH3 is 3. The second-order valence-electron chi connectivity index (χ2n) is 6.52. The fraction of sp³-hybridized carbons (Fsp3) is 0.227. The van der Waals surface area contributed by atoms with E-state index < -0.39 is 17.7 Å². The molecule has 1 N–H and O–H groups in total. The first kappa shape index (κ1) is 23.6. The number of halogens is 2. The molecule has 1 atom stereocenters. The summed E-state index contributed by atoms with van der Waals surface area (Å²) in [5, 5.41) is 11.2. The standard InChI is InChI=1S/C22H20Cl2N2O6/c1-29-17-12-18(30-2)26-21(25-17)32-19(20(27)28)22(31-3,13-4-8-15(23)9-5-13)14-6-10-16(24)11-7-14/h4-12,19H,1-3H3,(H,27,28). The highest BCUT2D eigenvalue weighted by Crippen LogP contribution is 2.39. The molecule has 3 aromatic rings. The maximum absolute atomic E-state index is 12.5. The molecule has 0 aliphatic carbocycles. The molecule has 0 aliphatic heterocycles. The van der Waals surface area contributed by atoms with Gasteiger partial charge in [0.2, 0.25) is 17.9 Å². The van der Waals surface area contributed by atoms with Crippen molar-refractivity contribution in [3.63, 3.8) is 0 Å². The number of carboxylic acids is 1. The largest absolute Gasteiger partial charge is 0.481 e. The lowest BCUT2D eigenvalue weighted by atomic mass is 9.81. The zero-order chi connectivity index (χ0) is 23.3. The van der Waals surface area contributed by atoms with E-state index in [1.54, 1.807) is 48.5 Å². The summed E-state index contributed by atoms with van der Waals surface area (Å²) in [4.78, 5) is 20.7. The Balaban J connectivity index is 2.21. The van der Waals surface area contributed by atoms with Crippen molar-refractivity contribution < 1.29 is 28.8 Å². The molecule has 0 radical (unpaired) electrons. The molecule has 32 heavy (non-hydrogen) atoms. The van der Waals surface area contributed by atoms with Crippen molar-refractivity contribution in [1.29, 1.82) is 0 Å². The van der Waals surface area contributed by atoms with Crippen molar-refractivity contribution in [1.82, 2.24) is 9.97 Å². The summed E-state index contributed by atoms with van der Waals surface area (Å²) in [7, 11) is 4.19. The van der Waals surface area contributed by atoms with Crippen LogP contribution in [-0.4, -0.2) is 48.5 Å². The van der Waals surface area contributed by atoms with Gasteiger partial charge in [-0.3, -0.25) is 0 Å². The van der Waals surface area contributed by atoms with Crippen LogP contribution in [-0.2, 0) is 15.1 Å². The SMILES string of the molecule is COc1cc(OC)nc(OC(C(=O)O)C(OC)(c2ccc(Cl)cc2)c2ccc(Cl)cc2)n1. The number of aliphatic carboxylic acids is 1. The Morgan fingerprint density at radius 1 is 0.875 bits per heavy atom.